The van der Waals surface area contributed by atoms with Gasteiger partial charge in [-0.15, -0.1) is 6.58 Å². The van der Waals surface area contributed by atoms with Crippen molar-refractivity contribution >= 4 is 11.8 Å². The quantitative estimate of drug-likeness (QED) is 0.523. The first kappa shape index (κ1) is 22.3. The summed E-state index contributed by atoms with van der Waals surface area (Å²) in [4.78, 5) is 34.3. The van der Waals surface area contributed by atoms with Gasteiger partial charge in [-0.25, -0.2) is 0 Å². The number of methoxy groups -OCH3 is 1. The van der Waals surface area contributed by atoms with E-state index in [4.69, 9.17) is 4.74 Å². The van der Waals surface area contributed by atoms with E-state index >= 15 is 0 Å². The van der Waals surface area contributed by atoms with Gasteiger partial charge in [-0.3, -0.25) is 14.6 Å². The second kappa shape index (κ2) is 10.1. The summed E-state index contributed by atoms with van der Waals surface area (Å²) in [5.41, 5.74) is 3.59. The van der Waals surface area contributed by atoms with E-state index < -0.39 is 6.04 Å². The molecule has 1 fully saturated rings. The Balaban J connectivity index is 1.59. The fourth-order valence-corrected chi connectivity index (χ4v) is 4.13. The fraction of sp³-hybridized carbons (Fsp3) is 0.222. The van der Waals surface area contributed by atoms with Crippen LogP contribution in [0.25, 0.3) is 11.1 Å². The maximum absolute atomic E-state index is 13.4. The average molecular weight is 442 g/mol. The van der Waals surface area contributed by atoms with Gasteiger partial charge in [0.1, 0.15) is 11.8 Å². The number of hydrogen-bond donors (Lipinski definition) is 0. The van der Waals surface area contributed by atoms with E-state index in [0.29, 0.717) is 37.4 Å². The largest absolute Gasteiger partial charge is 0.497 e. The Morgan fingerprint density at radius 1 is 1.12 bits per heavy atom. The summed E-state index contributed by atoms with van der Waals surface area (Å²) in [6, 6.07) is 18.4. The smallest absolute Gasteiger partial charge is 0.254 e. The van der Waals surface area contributed by atoms with Crippen molar-refractivity contribution in [3.63, 3.8) is 0 Å². The molecular formula is C27H27N3O3. The summed E-state index contributed by atoms with van der Waals surface area (Å²) in [5, 5.41) is 0. The molecule has 3 aromatic rings. The Morgan fingerprint density at radius 3 is 2.64 bits per heavy atom. The molecule has 0 spiro atoms. The lowest BCUT2D eigenvalue weighted by Crippen LogP contribution is -2.59. The lowest BCUT2D eigenvalue weighted by molar-refractivity contribution is -0.139. The molecule has 4 rings (SSSR count). The first-order chi connectivity index (χ1) is 16.1. The molecule has 2 amide bonds. The molecule has 33 heavy (non-hydrogen) atoms. The molecule has 0 saturated carbocycles. The molecule has 1 aromatic heterocycles. The van der Waals surface area contributed by atoms with Gasteiger partial charge in [0.25, 0.3) is 5.91 Å². The summed E-state index contributed by atoms with van der Waals surface area (Å²) >= 11 is 0. The average Bonchev–Trinajstić information content (AvgIpc) is 2.87. The first-order valence-corrected chi connectivity index (χ1v) is 10.9. The van der Waals surface area contributed by atoms with Crippen molar-refractivity contribution in [2.75, 3.05) is 26.7 Å². The molecule has 1 aliphatic heterocycles. The van der Waals surface area contributed by atoms with Crippen molar-refractivity contribution in [2.45, 2.75) is 12.5 Å². The zero-order valence-corrected chi connectivity index (χ0v) is 18.7. The van der Waals surface area contributed by atoms with Crippen molar-refractivity contribution < 1.29 is 14.3 Å². The number of rotatable bonds is 7. The molecule has 1 atom stereocenters. The summed E-state index contributed by atoms with van der Waals surface area (Å²) in [6.07, 6.45) is 5.73. The predicted molar refractivity (Wildman–Crippen MR) is 128 cm³/mol. The van der Waals surface area contributed by atoms with Crippen molar-refractivity contribution in [2.24, 2.45) is 0 Å². The molecule has 6 nitrogen and oxygen atoms in total. The van der Waals surface area contributed by atoms with Gasteiger partial charge in [-0.05, 0) is 41.0 Å². The molecule has 0 radical (unpaired) electrons. The van der Waals surface area contributed by atoms with E-state index in [-0.39, 0.29) is 11.8 Å². The van der Waals surface area contributed by atoms with Crippen LogP contribution in [0.15, 0.2) is 85.7 Å². The highest BCUT2D eigenvalue weighted by molar-refractivity contribution is 5.98. The van der Waals surface area contributed by atoms with E-state index in [9.17, 15) is 9.59 Å². The highest BCUT2D eigenvalue weighted by atomic mass is 16.5. The van der Waals surface area contributed by atoms with Crippen LogP contribution in [0.2, 0.25) is 0 Å². The van der Waals surface area contributed by atoms with Crippen LogP contribution in [0, 0.1) is 0 Å². The van der Waals surface area contributed by atoms with Crippen LogP contribution in [0.4, 0.5) is 0 Å². The van der Waals surface area contributed by atoms with E-state index in [1.165, 1.54) is 0 Å². The molecule has 0 bridgehead atoms. The van der Waals surface area contributed by atoms with E-state index in [0.717, 1.165) is 16.7 Å². The van der Waals surface area contributed by atoms with Gasteiger partial charge in [0.15, 0.2) is 0 Å². The number of pyridine rings is 1. The van der Waals surface area contributed by atoms with Gasteiger partial charge in [-0.1, -0.05) is 42.5 Å². The zero-order valence-electron chi connectivity index (χ0n) is 18.7. The minimum atomic E-state index is -0.582. The number of carbonyl (C=O) groups is 2. The molecule has 0 aliphatic carbocycles. The molecule has 168 valence electrons. The molecule has 1 saturated heterocycles. The lowest BCUT2D eigenvalue weighted by atomic mass is 9.98. The standard InChI is InChI=1S/C27H27N3O3/c1-3-14-29-15-16-30(26(31)22-6-4-8-24(18-22)33-2)25(27(29)32)17-20-9-11-21(12-10-20)23-7-5-13-28-19-23/h3-13,18-19,25H,1,14-17H2,2H3/t25-/m0/s1. The van der Waals surface area contributed by atoms with Crippen LogP contribution in [-0.2, 0) is 11.2 Å². The minimum Gasteiger partial charge on any atom is -0.497 e. The first-order valence-electron chi connectivity index (χ1n) is 10.9. The van der Waals surface area contributed by atoms with Crippen LogP contribution < -0.4 is 4.74 Å². The Hall–Kier alpha value is -3.93. The molecule has 0 N–H and O–H groups in total. The van der Waals surface area contributed by atoms with Gasteiger partial charge >= 0.3 is 0 Å². The number of aromatic nitrogens is 1. The van der Waals surface area contributed by atoms with Gasteiger partial charge in [0.2, 0.25) is 5.91 Å². The minimum absolute atomic E-state index is 0.0614. The highest BCUT2D eigenvalue weighted by Gasteiger charge is 2.37. The van der Waals surface area contributed by atoms with Crippen LogP contribution in [0.1, 0.15) is 15.9 Å². The van der Waals surface area contributed by atoms with E-state index in [1.54, 1.807) is 53.4 Å². The summed E-state index contributed by atoms with van der Waals surface area (Å²) < 4.78 is 5.27. The van der Waals surface area contributed by atoms with Gasteiger partial charge in [0.05, 0.1) is 7.11 Å². The van der Waals surface area contributed by atoms with E-state index in [2.05, 4.69) is 11.6 Å². The summed E-state index contributed by atoms with van der Waals surface area (Å²) in [6.45, 7) is 5.18. The Labute approximate surface area is 194 Å². The number of carbonyl (C=O) groups excluding carboxylic acids is 2. The molecular weight excluding hydrogens is 414 g/mol. The molecule has 6 heteroatoms. The topological polar surface area (TPSA) is 62.7 Å². The number of amides is 2. The number of ether oxygens (including phenoxy) is 1. The predicted octanol–water partition coefficient (Wildman–Crippen LogP) is 3.84. The third-order valence-electron chi connectivity index (χ3n) is 5.89. The molecule has 2 aromatic carbocycles. The third-order valence-corrected chi connectivity index (χ3v) is 5.89. The van der Waals surface area contributed by atoms with Crippen molar-refractivity contribution in [3.8, 4) is 16.9 Å². The van der Waals surface area contributed by atoms with Crippen molar-refractivity contribution in [1.82, 2.24) is 14.8 Å². The number of nitrogens with zero attached hydrogens (tertiary/aromatic N) is 3. The van der Waals surface area contributed by atoms with Crippen LogP contribution in [0.5, 0.6) is 5.75 Å². The highest BCUT2D eigenvalue weighted by Crippen LogP contribution is 2.23. The summed E-state index contributed by atoms with van der Waals surface area (Å²) in [7, 11) is 1.57. The maximum atomic E-state index is 13.4. The second-order valence-corrected chi connectivity index (χ2v) is 7.96. The van der Waals surface area contributed by atoms with Crippen LogP contribution in [-0.4, -0.2) is 59.4 Å². The van der Waals surface area contributed by atoms with Crippen molar-refractivity contribution in [3.05, 3.63) is 96.8 Å². The number of piperazine rings is 1. The van der Waals surface area contributed by atoms with Crippen molar-refractivity contribution in [1.29, 1.82) is 0 Å². The normalized spacial score (nSPS) is 15.9. The van der Waals surface area contributed by atoms with E-state index in [1.807, 2.05) is 42.6 Å². The monoisotopic (exact) mass is 441 g/mol. The van der Waals surface area contributed by atoms with Gasteiger partial charge < -0.3 is 14.5 Å². The zero-order chi connectivity index (χ0) is 23.2. The molecule has 2 heterocycles. The second-order valence-electron chi connectivity index (χ2n) is 7.96. The van der Waals surface area contributed by atoms with Crippen LogP contribution >= 0.6 is 0 Å². The molecule has 0 unspecified atom stereocenters. The lowest BCUT2D eigenvalue weighted by Gasteiger charge is -2.40. The fourth-order valence-electron chi connectivity index (χ4n) is 4.13. The Bertz CT molecular complexity index is 1130. The number of hydrogen-bond acceptors (Lipinski definition) is 4. The SMILES string of the molecule is C=CCN1CCN(C(=O)c2cccc(OC)c2)[C@@H](Cc2ccc(-c3cccnc3)cc2)C1=O. The summed E-state index contributed by atoms with van der Waals surface area (Å²) in [5.74, 6) is 0.381. The van der Waals surface area contributed by atoms with Crippen LogP contribution in [0.3, 0.4) is 0 Å². The third kappa shape index (κ3) is 4.95. The maximum Gasteiger partial charge on any atom is 0.254 e. The van der Waals surface area contributed by atoms with Gasteiger partial charge in [0, 0.05) is 44.0 Å². The Kier molecular flexibility index (Phi) is 6.83. The van der Waals surface area contributed by atoms with Gasteiger partial charge in [-0.2, -0.15) is 0 Å². The molecule has 1 aliphatic rings. The number of benzene rings is 2. The Morgan fingerprint density at radius 2 is 1.94 bits per heavy atom.